The van der Waals surface area contributed by atoms with E-state index in [0.717, 1.165) is 87.8 Å². The number of benzene rings is 4. The van der Waals surface area contributed by atoms with Gasteiger partial charge < -0.3 is 30.5 Å². The van der Waals surface area contributed by atoms with E-state index in [1.165, 1.54) is 58.2 Å². The van der Waals surface area contributed by atoms with Gasteiger partial charge in [-0.2, -0.15) is 0 Å². The van der Waals surface area contributed by atoms with Crippen molar-refractivity contribution in [1.29, 1.82) is 0 Å². The van der Waals surface area contributed by atoms with Gasteiger partial charge in [0, 0.05) is 65.4 Å². The van der Waals surface area contributed by atoms with Crippen LogP contribution in [0.4, 0.5) is 8.78 Å². The first kappa shape index (κ1) is 47.8. The molecule has 2 saturated heterocycles. The number of rotatable bonds is 14. The van der Waals surface area contributed by atoms with Gasteiger partial charge in [0.15, 0.2) is 11.4 Å². The highest BCUT2D eigenvalue weighted by Crippen LogP contribution is 2.16. The molecule has 350 valence electrons. The highest BCUT2D eigenvalue weighted by Gasteiger charge is 2.20. The number of likely N-dealkylation sites (N-methyl/N-ethyl adjacent to an activating group) is 1. The summed E-state index contributed by atoms with van der Waals surface area (Å²) >= 11 is 0. The molecule has 16 nitrogen and oxygen atoms in total. The minimum absolute atomic E-state index is 0.110. The Bertz CT molecular complexity index is 2750. The maximum Gasteiger partial charge on any atom is 0.296 e. The highest BCUT2D eigenvalue weighted by atomic mass is 19.1. The first-order valence-electron chi connectivity index (χ1n) is 21.9. The Kier molecular flexibility index (Phi) is 16.3. The molecule has 8 rings (SSSR count). The van der Waals surface area contributed by atoms with Crippen molar-refractivity contribution in [1.82, 2.24) is 44.4 Å². The fourth-order valence-corrected chi connectivity index (χ4v) is 7.58. The van der Waals surface area contributed by atoms with Crippen molar-refractivity contribution < 1.29 is 33.3 Å². The Labute approximate surface area is 385 Å². The number of aromatic nitrogens is 4. The molecule has 0 spiro atoms. The average molecular weight is 918 g/mol. The van der Waals surface area contributed by atoms with E-state index in [4.69, 9.17) is 4.74 Å². The van der Waals surface area contributed by atoms with E-state index in [-0.39, 0.29) is 49.2 Å². The van der Waals surface area contributed by atoms with E-state index < -0.39 is 34.4 Å². The van der Waals surface area contributed by atoms with Crippen LogP contribution in [0.2, 0.25) is 0 Å². The molecule has 4 aromatic carbocycles. The molecule has 0 saturated carbocycles. The van der Waals surface area contributed by atoms with Gasteiger partial charge in [0.1, 0.15) is 11.6 Å². The molecule has 0 unspecified atom stereocenters. The Morgan fingerprint density at radius 3 is 1.37 bits per heavy atom. The zero-order valence-electron chi connectivity index (χ0n) is 37.1. The number of nitrogens with zero attached hydrogens (tertiary/aromatic N) is 7. The lowest BCUT2D eigenvalue weighted by molar-refractivity contribution is 0.0342. The Morgan fingerprint density at radius 2 is 0.955 bits per heavy atom. The second-order valence-electron chi connectivity index (χ2n) is 16.5. The van der Waals surface area contributed by atoms with Crippen LogP contribution in [0.5, 0.6) is 11.5 Å². The molecule has 67 heavy (non-hydrogen) atoms. The van der Waals surface area contributed by atoms with Crippen LogP contribution in [-0.2, 0) is 44.0 Å². The minimum Gasteiger partial charge on any atom is -0.501 e. The third-order valence-electron chi connectivity index (χ3n) is 11.4. The molecule has 0 atom stereocenters. The highest BCUT2D eigenvalue weighted by molar-refractivity contribution is 5.95. The molecule has 4 heterocycles. The van der Waals surface area contributed by atoms with Crippen LogP contribution in [-0.4, -0.2) is 115 Å². The van der Waals surface area contributed by atoms with Crippen molar-refractivity contribution in [2.45, 2.75) is 39.3 Å². The summed E-state index contributed by atoms with van der Waals surface area (Å²) in [6, 6.07) is 27.2. The summed E-state index contributed by atoms with van der Waals surface area (Å²) in [5, 5.41) is 25.8. The molecule has 2 aliphatic rings. The fraction of sp³-hybridized carbons (Fsp3) is 0.306. The monoisotopic (exact) mass is 917 g/mol. The van der Waals surface area contributed by atoms with Gasteiger partial charge in [-0.25, -0.2) is 18.7 Å². The quantitative estimate of drug-likeness (QED) is 0.124. The lowest BCUT2D eigenvalue weighted by Gasteiger charge is -2.32. The maximum absolute atomic E-state index is 13.0. The maximum atomic E-state index is 13.0. The topological polar surface area (TPSA) is 187 Å². The molecule has 2 fully saturated rings. The summed E-state index contributed by atoms with van der Waals surface area (Å²) in [6.07, 6.45) is 2.52. The molecule has 2 aliphatic heterocycles. The van der Waals surface area contributed by atoms with Crippen molar-refractivity contribution >= 4 is 11.8 Å². The number of halogens is 2. The van der Waals surface area contributed by atoms with Crippen LogP contribution >= 0.6 is 0 Å². The lowest BCUT2D eigenvalue weighted by Crippen LogP contribution is -2.43. The van der Waals surface area contributed by atoms with Gasteiger partial charge >= 0.3 is 0 Å². The third kappa shape index (κ3) is 13.5. The predicted octanol–water partition coefficient (Wildman–Crippen LogP) is 3.71. The Balaban J connectivity index is 0.000000199. The number of hydrogen-bond acceptors (Lipinski definition) is 12. The summed E-state index contributed by atoms with van der Waals surface area (Å²) in [5.41, 5.74) is 3.35. The molecule has 0 aliphatic carbocycles. The van der Waals surface area contributed by atoms with E-state index in [2.05, 4.69) is 48.4 Å². The van der Waals surface area contributed by atoms with Crippen molar-refractivity contribution in [3.05, 3.63) is 187 Å². The van der Waals surface area contributed by atoms with Gasteiger partial charge in [0.25, 0.3) is 22.9 Å². The van der Waals surface area contributed by atoms with Gasteiger partial charge in [-0.15, -0.1) is 0 Å². The second-order valence-corrected chi connectivity index (χ2v) is 16.5. The normalized spacial score (nSPS) is 14.5. The van der Waals surface area contributed by atoms with Crippen LogP contribution in [0.3, 0.4) is 0 Å². The van der Waals surface area contributed by atoms with Crippen LogP contribution in [0, 0.1) is 11.6 Å². The van der Waals surface area contributed by atoms with Crippen LogP contribution in [0.25, 0.3) is 0 Å². The van der Waals surface area contributed by atoms with E-state index in [9.17, 15) is 38.2 Å². The van der Waals surface area contributed by atoms with Crippen molar-refractivity contribution in [3.8, 4) is 11.5 Å². The fourth-order valence-electron chi connectivity index (χ4n) is 7.58. The zero-order chi connectivity index (χ0) is 47.3. The molecular weight excluding hydrogens is 865 g/mol. The van der Waals surface area contributed by atoms with E-state index in [1.807, 2.05) is 42.5 Å². The number of hydrogen-bond donors (Lipinski definition) is 4. The molecule has 6 aromatic rings. The lowest BCUT2D eigenvalue weighted by atomic mass is 10.1. The Morgan fingerprint density at radius 1 is 0.567 bits per heavy atom. The van der Waals surface area contributed by atoms with Crippen LogP contribution in [0.1, 0.15) is 54.4 Å². The average Bonchev–Trinajstić information content (AvgIpc) is 3.33. The number of aromatic hydroxyl groups is 2. The van der Waals surface area contributed by atoms with Gasteiger partial charge in [-0.1, -0.05) is 72.8 Å². The first-order chi connectivity index (χ1) is 32.4. The molecule has 2 aromatic heterocycles. The predicted molar refractivity (Wildman–Crippen MR) is 245 cm³/mol. The van der Waals surface area contributed by atoms with E-state index >= 15 is 0 Å². The number of nitrogens with one attached hydrogen (secondary N) is 2. The Hall–Kier alpha value is -7.12. The van der Waals surface area contributed by atoms with Gasteiger partial charge in [0.2, 0.25) is 11.5 Å². The number of amides is 2. The number of piperazine rings is 1. The van der Waals surface area contributed by atoms with E-state index in [1.54, 1.807) is 12.1 Å². The van der Waals surface area contributed by atoms with Gasteiger partial charge in [0.05, 0.1) is 39.0 Å². The second kappa shape index (κ2) is 22.9. The summed E-state index contributed by atoms with van der Waals surface area (Å²) in [5.74, 6) is -3.53. The largest absolute Gasteiger partial charge is 0.501 e. The number of carbonyl (C=O) groups excluding carboxylic acids is 2. The molecule has 0 radical (unpaired) electrons. The van der Waals surface area contributed by atoms with Crippen molar-refractivity contribution in [3.63, 3.8) is 0 Å². The SMILES string of the molecule is CN1CCN(Cc2cccc(Cn3cnc(C(=O)NCc4ccc(F)cc4)c(O)c3=O)c2)CC1.O=C(NCc1ccc(F)cc1)c1ncn(Cc2cccc(CN3CCOCC3)c2)c(=O)c1O. The smallest absolute Gasteiger partial charge is 0.296 e. The standard InChI is InChI=1S/C25H28FN5O3.C24H25FN4O4/c1-29-9-11-30(12-10-29)15-19-3-2-4-20(13-19)16-31-17-28-22(23(32)25(31)34)24(33)27-14-18-5-7-21(26)8-6-18;25-20-6-4-17(5-7-20)13-26-23(31)21-22(30)24(32)29(16-27-21)15-19-3-1-2-18(12-19)14-28-8-10-33-11-9-28/h2-8,13,17,32H,9-12,14-16H2,1H3,(H,27,33);1-7,12,16,30H,8-11,13-15H2,(H,26,31). The van der Waals surface area contributed by atoms with Crippen LogP contribution in [0.15, 0.2) is 119 Å². The summed E-state index contributed by atoms with van der Waals surface area (Å²) in [7, 11) is 2.12. The molecule has 0 bridgehead atoms. The summed E-state index contributed by atoms with van der Waals surface area (Å²) in [4.78, 5) is 65.2. The summed E-state index contributed by atoms with van der Waals surface area (Å²) < 4.78 is 33.9. The first-order valence-corrected chi connectivity index (χ1v) is 21.9. The van der Waals surface area contributed by atoms with Crippen LogP contribution < -0.4 is 21.8 Å². The number of morpholine rings is 1. The van der Waals surface area contributed by atoms with Crippen molar-refractivity contribution in [2.75, 3.05) is 59.5 Å². The number of carbonyl (C=O) groups is 2. The molecule has 18 heteroatoms. The zero-order valence-corrected chi connectivity index (χ0v) is 37.1. The third-order valence-corrected chi connectivity index (χ3v) is 11.4. The molecule has 2 amide bonds. The number of ether oxygens (including phenoxy) is 1. The minimum atomic E-state index is -0.710. The molecular formula is C49H53F2N9O7. The summed E-state index contributed by atoms with van der Waals surface area (Å²) in [6.45, 7) is 9.64. The molecule has 4 N–H and O–H groups in total. The van der Waals surface area contributed by atoms with Gasteiger partial charge in [-0.3, -0.25) is 38.1 Å². The van der Waals surface area contributed by atoms with E-state index in [0.29, 0.717) is 11.1 Å². The van der Waals surface area contributed by atoms with Crippen molar-refractivity contribution in [2.24, 2.45) is 0 Å². The van der Waals surface area contributed by atoms with Gasteiger partial charge in [-0.05, 0) is 64.7 Å².